The Bertz CT molecular complexity index is 375. The van der Waals surface area contributed by atoms with Gasteiger partial charge in [-0.2, -0.15) is 0 Å². The standard InChI is InChI=1S/C10H14ClO2PS2.K/c1-2-7-13-14(12,15)16-8-9-3-5-10(11)6-4-9;/h3-6H,2,7-8H2,1H3,(H,12,15);/q;+1/p-1. The van der Waals surface area contributed by atoms with Crippen LogP contribution in [-0.4, -0.2) is 6.61 Å². The molecule has 0 bridgehead atoms. The van der Waals surface area contributed by atoms with E-state index in [2.05, 4.69) is 0 Å². The summed E-state index contributed by atoms with van der Waals surface area (Å²) in [6.45, 7) is 2.41. The minimum atomic E-state index is -2.92. The summed E-state index contributed by atoms with van der Waals surface area (Å²) < 4.78 is 5.13. The minimum absolute atomic E-state index is 0. The number of halogens is 1. The zero-order valence-electron chi connectivity index (χ0n) is 9.89. The second-order valence-corrected chi connectivity index (χ2v) is 9.67. The van der Waals surface area contributed by atoms with Gasteiger partial charge in [0, 0.05) is 16.5 Å². The van der Waals surface area contributed by atoms with Crippen molar-refractivity contribution in [3.05, 3.63) is 34.9 Å². The van der Waals surface area contributed by atoms with Crippen molar-refractivity contribution < 1.29 is 60.8 Å². The molecule has 0 fully saturated rings. The molecule has 0 spiro atoms. The summed E-state index contributed by atoms with van der Waals surface area (Å²) in [5.41, 5.74) is -1.88. The topological polar surface area (TPSA) is 32.3 Å². The fraction of sp³-hybridized carbons (Fsp3) is 0.400. The maximum absolute atomic E-state index is 11.7. The third kappa shape index (κ3) is 8.76. The van der Waals surface area contributed by atoms with E-state index in [-0.39, 0.29) is 51.4 Å². The summed E-state index contributed by atoms with van der Waals surface area (Å²) in [6.07, 6.45) is 0.822. The molecular formula is C10H13ClKO2PS2. The molecule has 0 N–H and O–H groups in total. The first-order chi connectivity index (χ1) is 7.53. The maximum Gasteiger partial charge on any atom is 1.00 e. The van der Waals surface area contributed by atoms with Gasteiger partial charge < -0.3 is 9.42 Å². The Morgan fingerprint density at radius 2 is 2.00 bits per heavy atom. The number of benzene rings is 1. The van der Waals surface area contributed by atoms with Gasteiger partial charge in [0.15, 0.2) is 0 Å². The van der Waals surface area contributed by atoms with Crippen molar-refractivity contribution in [2.45, 2.75) is 19.1 Å². The molecule has 2 nitrogen and oxygen atoms in total. The SMILES string of the molecule is CCCOP([O-])(=S)SCc1ccc(Cl)cc1.[K+]. The molecule has 0 heterocycles. The molecule has 17 heavy (non-hydrogen) atoms. The Morgan fingerprint density at radius 1 is 1.41 bits per heavy atom. The summed E-state index contributed by atoms with van der Waals surface area (Å²) in [6, 6.07) is 7.40. The van der Waals surface area contributed by atoms with Crippen LogP contribution in [0.15, 0.2) is 24.3 Å². The van der Waals surface area contributed by atoms with E-state index in [0.717, 1.165) is 12.0 Å². The van der Waals surface area contributed by atoms with Gasteiger partial charge in [0.2, 0.25) is 0 Å². The van der Waals surface area contributed by atoms with Crippen molar-refractivity contribution in [3.63, 3.8) is 0 Å². The molecule has 0 aliphatic heterocycles. The number of hydrogen-bond acceptors (Lipinski definition) is 4. The first-order valence-corrected chi connectivity index (χ1v) is 9.49. The van der Waals surface area contributed by atoms with Crippen molar-refractivity contribution in [2.24, 2.45) is 0 Å². The molecule has 7 heteroatoms. The molecule has 0 aliphatic rings. The molecule has 0 amide bonds. The van der Waals surface area contributed by atoms with Crippen molar-refractivity contribution in [1.29, 1.82) is 0 Å². The fourth-order valence-corrected chi connectivity index (χ4v) is 4.15. The first kappa shape index (κ1) is 19.1. The number of rotatable bonds is 6. The van der Waals surface area contributed by atoms with Crippen molar-refractivity contribution in [3.8, 4) is 0 Å². The molecule has 1 aromatic carbocycles. The summed E-state index contributed by atoms with van der Waals surface area (Å²) >= 11 is 11.9. The zero-order valence-corrected chi connectivity index (χ0v) is 16.3. The van der Waals surface area contributed by atoms with E-state index < -0.39 is 5.69 Å². The van der Waals surface area contributed by atoms with Crippen molar-refractivity contribution in [2.75, 3.05) is 6.61 Å². The van der Waals surface area contributed by atoms with Crippen LogP contribution in [0.5, 0.6) is 0 Å². The van der Waals surface area contributed by atoms with Crippen molar-refractivity contribution >= 4 is 40.5 Å². The average molecular weight is 335 g/mol. The second-order valence-electron chi connectivity index (χ2n) is 3.18. The van der Waals surface area contributed by atoms with Gasteiger partial charge in [-0.15, -0.1) is 11.4 Å². The normalized spacial score (nSPS) is 13.8. The van der Waals surface area contributed by atoms with E-state index in [1.165, 1.54) is 11.4 Å². The predicted octanol–water partition coefficient (Wildman–Crippen LogP) is 0.589. The van der Waals surface area contributed by atoms with E-state index in [0.29, 0.717) is 17.4 Å². The Balaban J connectivity index is 0.00000256. The minimum Gasteiger partial charge on any atom is -0.793 e. The van der Waals surface area contributed by atoms with Crippen LogP contribution in [0.4, 0.5) is 0 Å². The Hall–Kier alpha value is 2.07. The average Bonchev–Trinajstić information content (AvgIpc) is 2.26. The summed E-state index contributed by atoms with van der Waals surface area (Å²) in [5.74, 6) is 0.585. The maximum atomic E-state index is 11.7. The predicted molar refractivity (Wildman–Crippen MR) is 73.3 cm³/mol. The molecule has 0 aliphatic carbocycles. The van der Waals surface area contributed by atoms with Crippen LogP contribution in [0.3, 0.4) is 0 Å². The monoisotopic (exact) mass is 334 g/mol. The van der Waals surface area contributed by atoms with Gasteiger partial charge in [-0.3, -0.25) is 0 Å². The molecule has 1 aromatic rings. The molecule has 0 radical (unpaired) electrons. The van der Waals surface area contributed by atoms with Crippen LogP contribution in [0, 0.1) is 0 Å². The van der Waals surface area contributed by atoms with Crippen LogP contribution >= 0.6 is 28.7 Å². The summed E-state index contributed by atoms with van der Waals surface area (Å²) in [7, 11) is 0. The third-order valence-corrected chi connectivity index (χ3v) is 6.20. The fourth-order valence-electron chi connectivity index (χ4n) is 0.975. The van der Waals surface area contributed by atoms with Crippen LogP contribution in [0.2, 0.25) is 5.02 Å². The molecule has 0 saturated heterocycles. The van der Waals surface area contributed by atoms with Crippen LogP contribution in [0.25, 0.3) is 0 Å². The van der Waals surface area contributed by atoms with Crippen LogP contribution < -0.4 is 56.3 Å². The number of hydrogen-bond donors (Lipinski definition) is 0. The summed E-state index contributed by atoms with van der Waals surface area (Å²) in [4.78, 5) is 11.7. The van der Waals surface area contributed by atoms with E-state index in [9.17, 15) is 4.89 Å². The molecule has 1 atom stereocenters. The van der Waals surface area contributed by atoms with E-state index >= 15 is 0 Å². The second kappa shape index (κ2) is 9.89. The van der Waals surface area contributed by atoms with E-state index in [4.69, 9.17) is 27.9 Å². The third-order valence-electron chi connectivity index (χ3n) is 1.76. The smallest absolute Gasteiger partial charge is 0.793 e. The Kier molecular flexibility index (Phi) is 11.1. The molecule has 1 unspecified atom stereocenters. The van der Waals surface area contributed by atoms with Gasteiger partial charge in [-0.25, -0.2) is 0 Å². The largest absolute Gasteiger partial charge is 1.00 e. The van der Waals surface area contributed by atoms with Gasteiger partial charge in [-0.05, 0) is 24.1 Å². The quantitative estimate of drug-likeness (QED) is 0.563. The van der Waals surface area contributed by atoms with Crippen molar-refractivity contribution in [1.82, 2.24) is 0 Å². The zero-order chi connectivity index (χ0) is 12.0. The van der Waals surface area contributed by atoms with Gasteiger partial charge in [0.1, 0.15) is 0 Å². The molecular weight excluding hydrogens is 322 g/mol. The molecule has 90 valence electrons. The molecule has 0 saturated carbocycles. The van der Waals surface area contributed by atoms with E-state index in [1.54, 1.807) is 12.1 Å². The van der Waals surface area contributed by atoms with Gasteiger partial charge >= 0.3 is 51.4 Å². The molecule has 1 rings (SSSR count). The van der Waals surface area contributed by atoms with Crippen LogP contribution in [0.1, 0.15) is 18.9 Å². The van der Waals surface area contributed by atoms with Gasteiger partial charge in [0.25, 0.3) is 0 Å². The molecule has 0 aromatic heterocycles. The first-order valence-electron chi connectivity index (χ1n) is 4.88. The van der Waals surface area contributed by atoms with Crippen LogP contribution in [-0.2, 0) is 22.1 Å². The Labute approximate surface area is 159 Å². The Morgan fingerprint density at radius 3 is 2.53 bits per heavy atom. The summed E-state index contributed by atoms with van der Waals surface area (Å²) in [5, 5.41) is 0.692. The van der Waals surface area contributed by atoms with Gasteiger partial charge in [0.05, 0.1) is 6.61 Å². The van der Waals surface area contributed by atoms with Gasteiger partial charge in [-0.1, -0.05) is 42.5 Å². The van der Waals surface area contributed by atoms with E-state index in [1.807, 2.05) is 19.1 Å².